The fourth-order valence-corrected chi connectivity index (χ4v) is 6.45. The number of hydrogen-bond acceptors (Lipinski definition) is 6. The van der Waals surface area contributed by atoms with Gasteiger partial charge in [0.15, 0.2) is 5.69 Å². The van der Waals surface area contributed by atoms with E-state index < -0.39 is 12.3 Å². The Bertz CT molecular complexity index is 1230. The second-order valence-corrected chi connectivity index (χ2v) is 11.5. The van der Waals surface area contributed by atoms with Gasteiger partial charge in [-0.05, 0) is 57.1 Å². The third-order valence-corrected chi connectivity index (χ3v) is 8.81. The first-order valence-corrected chi connectivity index (χ1v) is 14.0. The van der Waals surface area contributed by atoms with Crippen LogP contribution in [0.3, 0.4) is 0 Å². The summed E-state index contributed by atoms with van der Waals surface area (Å²) in [5.74, 6) is 0.114. The zero-order valence-corrected chi connectivity index (χ0v) is 22.1. The van der Waals surface area contributed by atoms with E-state index in [2.05, 4.69) is 10.1 Å². The number of carbonyl (C=O) groups is 2. The molecule has 2 amide bonds. The number of aliphatic hydroxyl groups excluding tert-OH is 1. The van der Waals surface area contributed by atoms with Crippen LogP contribution in [0.1, 0.15) is 66.7 Å². The highest BCUT2D eigenvalue weighted by Crippen LogP contribution is 2.49. The first kappa shape index (κ1) is 25.6. The molecule has 1 N–H and O–H groups in total. The minimum absolute atomic E-state index is 0.00314. The number of hydrogen-bond donors (Lipinski definition) is 1. The number of aliphatic hydroxyl groups is 1. The highest BCUT2D eigenvalue weighted by atomic mass is 35.5. The number of likely N-dealkylation sites (tertiary alicyclic amines) is 2. The summed E-state index contributed by atoms with van der Waals surface area (Å²) in [6.45, 7) is 0.824. The van der Waals surface area contributed by atoms with Gasteiger partial charge in [-0.15, -0.1) is 0 Å². The van der Waals surface area contributed by atoms with Gasteiger partial charge >= 0.3 is 0 Å². The zero-order chi connectivity index (χ0) is 26.4. The molecule has 2 saturated heterocycles. The Morgan fingerprint density at radius 3 is 2.79 bits per heavy atom. The van der Waals surface area contributed by atoms with Crippen molar-refractivity contribution in [2.75, 3.05) is 19.6 Å². The molecule has 0 bridgehead atoms. The molecule has 204 valence electrons. The normalized spacial score (nSPS) is 26.2. The SMILES string of the molecule is O=C(c1nn(CC(=O)N2CCC(Oc3ncccc3Cl)CC23CC3)c2c1CCCC2)N1CC[C@@H](O)[C@@H](F)C1. The van der Waals surface area contributed by atoms with E-state index in [-0.39, 0.29) is 43.0 Å². The first-order chi connectivity index (χ1) is 18.3. The lowest BCUT2D eigenvalue weighted by Crippen LogP contribution is -2.51. The molecule has 2 aliphatic carbocycles. The van der Waals surface area contributed by atoms with Crippen LogP contribution >= 0.6 is 11.6 Å². The lowest BCUT2D eigenvalue weighted by molar-refractivity contribution is -0.138. The molecule has 0 radical (unpaired) electrons. The van der Waals surface area contributed by atoms with E-state index in [1.807, 2.05) is 4.90 Å². The van der Waals surface area contributed by atoms with Crippen molar-refractivity contribution in [1.82, 2.24) is 24.6 Å². The smallest absolute Gasteiger partial charge is 0.274 e. The number of aromatic nitrogens is 3. The van der Waals surface area contributed by atoms with Gasteiger partial charge in [-0.25, -0.2) is 9.37 Å². The number of halogens is 2. The standard InChI is InChI=1S/C27H33ClFN5O4/c28-19-5-3-11-30-25(19)38-17-7-13-33(27(14-17)9-10-27)23(36)16-34-21-6-2-1-4-18(21)24(31-34)26(37)32-12-8-22(35)20(29)15-32/h3,5,11,17,20,22,35H,1-2,4,6-10,12-16H2/t17?,20-,22+/m0/s1. The lowest BCUT2D eigenvalue weighted by atomic mass is 9.94. The van der Waals surface area contributed by atoms with Gasteiger partial charge in [0.25, 0.3) is 5.91 Å². The Morgan fingerprint density at radius 1 is 1.21 bits per heavy atom. The van der Waals surface area contributed by atoms with Crippen molar-refractivity contribution in [1.29, 1.82) is 0 Å². The van der Waals surface area contributed by atoms with E-state index in [1.54, 1.807) is 23.0 Å². The van der Waals surface area contributed by atoms with E-state index >= 15 is 0 Å². The molecule has 2 aromatic heterocycles. The fraction of sp³-hybridized carbons (Fsp3) is 0.630. The molecule has 6 rings (SSSR count). The van der Waals surface area contributed by atoms with Crippen molar-refractivity contribution in [3.8, 4) is 5.88 Å². The van der Waals surface area contributed by atoms with Crippen LogP contribution in [0.25, 0.3) is 0 Å². The van der Waals surface area contributed by atoms with Gasteiger partial charge in [-0.1, -0.05) is 11.6 Å². The monoisotopic (exact) mass is 545 g/mol. The number of rotatable bonds is 5. The van der Waals surface area contributed by atoms with Crippen LogP contribution in [0.2, 0.25) is 5.02 Å². The largest absolute Gasteiger partial charge is 0.473 e. The van der Waals surface area contributed by atoms with Gasteiger partial charge in [-0.3, -0.25) is 14.3 Å². The van der Waals surface area contributed by atoms with E-state index in [0.717, 1.165) is 56.2 Å². The Hall–Kier alpha value is -2.72. The number of fused-ring (bicyclic) bond motifs is 1. The Morgan fingerprint density at radius 2 is 2.03 bits per heavy atom. The molecule has 2 aliphatic heterocycles. The van der Waals surface area contributed by atoms with Crippen LogP contribution in [0.15, 0.2) is 18.3 Å². The average Bonchev–Trinajstić information content (AvgIpc) is 3.57. The van der Waals surface area contributed by atoms with Crippen LogP contribution < -0.4 is 4.74 Å². The number of nitrogens with zero attached hydrogens (tertiary/aromatic N) is 5. The summed E-state index contributed by atoms with van der Waals surface area (Å²) in [5.41, 5.74) is 1.94. The summed E-state index contributed by atoms with van der Waals surface area (Å²) in [4.78, 5) is 34.6. The van der Waals surface area contributed by atoms with Crippen molar-refractivity contribution in [3.63, 3.8) is 0 Å². The van der Waals surface area contributed by atoms with Gasteiger partial charge in [0, 0.05) is 48.9 Å². The number of amides is 2. The molecule has 3 fully saturated rings. The summed E-state index contributed by atoms with van der Waals surface area (Å²) in [5, 5.41) is 14.8. The van der Waals surface area contributed by atoms with E-state index in [0.29, 0.717) is 36.1 Å². The van der Waals surface area contributed by atoms with Gasteiger partial charge in [0.1, 0.15) is 23.8 Å². The van der Waals surface area contributed by atoms with Crippen molar-refractivity contribution < 1.29 is 23.8 Å². The van der Waals surface area contributed by atoms with Gasteiger partial charge < -0.3 is 19.6 Å². The molecule has 2 aromatic rings. The second-order valence-electron chi connectivity index (χ2n) is 11.1. The topological polar surface area (TPSA) is 101 Å². The number of pyridine rings is 1. The average molecular weight is 546 g/mol. The second kappa shape index (κ2) is 10.1. The molecule has 1 saturated carbocycles. The van der Waals surface area contributed by atoms with E-state index in [9.17, 15) is 19.1 Å². The molecule has 9 nitrogen and oxygen atoms in total. The molecular weight excluding hydrogens is 513 g/mol. The molecule has 11 heteroatoms. The Kier molecular flexibility index (Phi) is 6.80. The van der Waals surface area contributed by atoms with E-state index in [1.165, 1.54) is 4.90 Å². The third kappa shape index (κ3) is 4.77. The predicted molar refractivity (Wildman–Crippen MR) is 137 cm³/mol. The molecule has 38 heavy (non-hydrogen) atoms. The van der Waals surface area contributed by atoms with Crippen molar-refractivity contribution in [3.05, 3.63) is 40.3 Å². The maximum Gasteiger partial charge on any atom is 0.274 e. The molecule has 1 unspecified atom stereocenters. The number of piperidine rings is 2. The van der Waals surface area contributed by atoms with Crippen LogP contribution in [-0.4, -0.2) is 85.0 Å². The highest BCUT2D eigenvalue weighted by Gasteiger charge is 2.54. The summed E-state index contributed by atoms with van der Waals surface area (Å²) in [6.07, 6.45) is 6.02. The summed E-state index contributed by atoms with van der Waals surface area (Å²) < 4.78 is 21.9. The summed E-state index contributed by atoms with van der Waals surface area (Å²) in [6, 6.07) is 3.52. The molecule has 4 heterocycles. The van der Waals surface area contributed by atoms with E-state index in [4.69, 9.17) is 16.3 Å². The molecular formula is C27H33ClFN5O4. The maximum absolute atomic E-state index is 14.1. The van der Waals surface area contributed by atoms with Gasteiger partial charge in [-0.2, -0.15) is 5.10 Å². The minimum Gasteiger partial charge on any atom is -0.473 e. The van der Waals surface area contributed by atoms with Crippen LogP contribution in [0.5, 0.6) is 5.88 Å². The molecule has 4 aliphatic rings. The summed E-state index contributed by atoms with van der Waals surface area (Å²) >= 11 is 6.23. The zero-order valence-electron chi connectivity index (χ0n) is 21.3. The predicted octanol–water partition coefficient (Wildman–Crippen LogP) is 2.96. The van der Waals surface area contributed by atoms with Crippen molar-refractivity contribution in [2.24, 2.45) is 0 Å². The molecule has 3 atom stereocenters. The Labute approximate surface area is 225 Å². The minimum atomic E-state index is -1.46. The van der Waals surface area contributed by atoms with Crippen LogP contribution in [0.4, 0.5) is 4.39 Å². The molecule has 0 aromatic carbocycles. The summed E-state index contributed by atoms with van der Waals surface area (Å²) in [7, 11) is 0. The maximum atomic E-state index is 14.1. The third-order valence-electron chi connectivity index (χ3n) is 8.52. The number of carbonyl (C=O) groups excluding carboxylic acids is 2. The number of alkyl halides is 1. The fourth-order valence-electron chi connectivity index (χ4n) is 6.28. The Balaban J connectivity index is 1.16. The van der Waals surface area contributed by atoms with Gasteiger partial charge in [0.05, 0.1) is 12.6 Å². The molecule has 1 spiro atoms. The number of ether oxygens (including phenoxy) is 1. The van der Waals surface area contributed by atoms with Gasteiger partial charge in [0.2, 0.25) is 11.8 Å². The van der Waals surface area contributed by atoms with Crippen LogP contribution in [0, 0.1) is 0 Å². The van der Waals surface area contributed by atoms with Crippen molar-refractivity contribution >= 4 is 23.4 Å². The highest BCUT2D eigenvalue weighted by molar-refractivity contribution is 6.31. The van der Waals surface area contributed by atoms with Crippen molar-refractivity contribution in [2.45, 2.75) is 88.3 Å². The lowest BCUT2D eigenvalue weighted by Gasteiger charge is -2.40. The first-order valence-electron chi connectivity index (χ1n) is 13.6. The quantitative estimate of drug-likeness (QED) is 0.620. The van der Waals surface area contributed by atoms with Crippen LogP contribution in [-0.2, 0) is 24.2 Å².